The van der Waals surface area contributed by atoms with Crippen molar-refractivity contribution in [2.45, 2.75) is 6.18 Å². The highest BCUT2D eigenvalue weighted by atomic mass is 35.5. The van der Waals surface area contributed by atoms with Gasteiger partial charge in [0.25, 0.3) is 0 Å². The lowest BCUT2D eigenvalue weighted by atomic mass is 10.3. The van der Waals surface area contributed by atoms with Crippen LogP contribution in [0.15, 0.2) is 24.3 Å². The number of aromatic carboxylic acids is 1. The van der Waals surface area contributed by atoms with Crippen LogP contribution in [0.25, 0.3) is 5.69 Å². The molecule has 9 heteroatoms. The highest BCUT2D eigenvalue weighted by Gasteiger charge is 2.37. The minimum absolute atomic E-state index is 0.0321. The number of benzene rings is 1. The third kappa shape index (κ3) is 2.73. The van der Waals surface area contributed by atoms with Crippen molar-refractivity contribution in [2.75, 3.05) is 0 Å². The number of aromatic nitrogens is 2. The summed E-state index contributed by atoms with van der Waals surface area (Å²) in [4.78, 5) is 10.8. The van der Waals surface area contributed by atoms with Crippen molar-refractivity contribution in [3.05, 3.63) is 45.7 Å². The second-order valence-corrected chi connectivity index (χ2v) is 4.54. The van der Waals surface area contributed by atoms with Gasteiger partial charge in [0.2, 0.25) is 0 Å². The molecular weight excluding hydrogens is 320 g/mol. The molecule has 0 amide bonds. The minimum Gasteiger partial charge on any atom is -0.476 e. The van der Waals surface area contributed by atoms with E-state index >= 15 is 0 Å². The molecule has 2 rings (SSSR count). The first-order valence-corrected chi connectivity index (χ1v) is 5.81. The first-order valence-electron chi connectivity index (χ1n) is 5.06. The highest BCUT2D eigenvalue weighted by molar-refractivity contribution is 6.42. The van der Waals surface area contributed by atoms with Gasteiger partial charge in [-0.2, -0.15) is 18.3 Å². The molecule has 4 nitrogen and oxygen atoms in total. The number of rotatable bonds is 2. The molecule has 0 bridgehead atoms. The largest absolute Gasteiger partial charge is 0.476 e. The van der Waals surface area contributed by atoms with E-state index in [1.54, 1.807) is 0 Å². The highest BCUT2D eigenvalue weighted by Crippen LogP contribution is 2.33. The van der Waals surface area contributed by atoms with Gasteiger partial charge >= 0.3 is 12.1 Å². The Bertz CT molecular complexity index is 683. The first-order chi connectivity index (χ1) is 9.20. The van der Waals surface area contributed by atoms with Gasteiger partial charge in [0.1, 0.15) is 5.69 Å². The van der Waals surface area contributed by atoms with Crippen LogP contribution < -0.4 is 0 Å². The average Bonchev–Trinajstić information content (AvgIpc) is 2.77. The fourth-order valence-corrected chi connectivity index (χ4v) is 1.79. The van der Waals surface area contributed by atoms with Crippen LogP contribution in [0.2, 0.25) is 10.0 Å². The predicted molar refractivity (Wildman–Crippen MR) is 65.5 cm³/mol. The molecule has 0 saturated heterocycles. The Kier molecular flexibility index (Phi) is 3.66. The minimum atomic E-state index is -4.76. The zero-order valence-electron chi connectivity index (χ0n) is 9.45. The maximum atomic E-state index is 12.9. The topological polar surface area (TPSA) is 55.1 Å². The molecule has 20 heavy (non-hydrogen) atoms. The molecule has 106 valence electrons. The van der Waals surface area contributed by atoms with E-state index < -0.39 is 23.5 Å². The molecule has 1 aromatic carbocycles. The van der Waals surface area contributed by atoms with E-state index in [9.17, 15) is 18.0 Å². The van der Waals surface area contributed by atoms with E-state index in [1.807, 2.05) is 0 Å². The molecule has 0 aliphatic carbocycles. The summed E-state index contributed by atoms with van der Waals surface area (Å²) >= 11 is 11.4. The summed E-state index contributed by atoms with van der Waals surface area (Å²) in [5, 5.41) is 12.3. The summed E-state index contributed by atoms with van der Waals surface area (Å²) in [6.45, 7) is 0. The van der Waals surface area contributed by atoms with Gasteiger partial charge in [0, 0.05) is 6.07 Å². The maximum Gasteiger partial charge on any atom is 0.433 e. The lowest BCUT2D eigenvalue weighted by Gasteiger charge is -2.10. The van der Waals surface area contributed by atoms with E-state index in [-0.39, 0.29) is 15.7 Å². The van der Waals surface area contributed by atoms with E-state index in [2.05, 4.69) is 5.10 Å². The van der Waals surface area contributed by atoms with Crippen LogP contribution >= 0.6 is 23.2 Å². The van der Waals surface area contributed by atoms with Crippen LogP contribution in [0.3, 0.4) is 0 Å². The van der Waals surface area contributed by atoms with Crippen molar-refractivity contribution >= 4 is 29.2 Å². The molecule has 0 aliphatic heterocycles. The predicted octanol–water partition coefficient (Wildman–Crippen LogP) is 3.90. The summed E-state index contributed by atoms with van der Waals surface area (Å²) in [5.74, 6) is -1.56. The van der Waals surface area contributed by atoms with Gasteiger partial charge in [0.15, 0.2) is 5.69 Å². The van der Waals surface area contributed by atoms with Crippen LogP contribution in [0.1, 0.15) is 16.2 Å². The van der Waals surface area contributed by atoms with E-state index in [0.29, 0.717) is 10.7 Å². The van der Waals surface area contributed by atoms with Crippen molar-refractivity contribution < 1.29 is 23.1 Å². The zero-order valence-corrected chi connectivity index (χ0v) is 11.0. The van der Waals surface area contributed by atoms with Gasteiger partial charge in [-0.25, -0.2) is 9.48 Å². The van der Waals surface area contributed by atoms with E-state index in [1.165, 1.54) is 12.1 Å². The molecule has 0 radical (unpaired) electrons. The smallest absolute Gasteiger partial charge is 0.433 e. The Morgan fingerprint density at radius 3 is 2.35 bits per heavy atom. The zero-order chi connectivity index (χ0) is 15.1. The number of halogens is 5. The molecule has 1 N–H and O–H groups in total. The monoisotopic (exact) mass is 324 g/mol. The van der Waals surface area contributed by atoms with Crippen LogP contribution in [0.5, 0.6) is 0 Å². The summed E-state index contributed by atoms with van der Waals surface area (Å²) in [6, 6.07) is 4.16. The molecule has 0 saturated carbocycles. The van der Waals surface area contributed by atoms with Crippen LogP contribution in [0, 0.1) is 0 Å². The molecule has 0 fully saturated rings. The Labute approximate surface area is 120 Å². The van der Waals surface area contributed by atoms with Crippen molar-refractivity contribution in [1.82, 2.24) is 9.78 Å². The number of carboxylic acid groups (broad SMARTS) is 1. The Balaban J connectivity index is 2.65. The normalized spacial score (nSPS) is 11.7. The number of carboxylic acids is 1. The molecular formula is C11H5Cl2F3N2O2. The number of nitrogens with zero attached hydrogens (tertiary/aromatic N) is 2. The second-order valence-electron chi connectivity index (χ2n) is 3.73. The second kappa shape index (κ2) is 4.99. The van der Waals surface area contributed by atoms with Gasteiger partial charge in [-0.3, -0.25) is 0 Å². The lowest BCUT2D eigenvalue weighted by Crippen LogP contribution is -2.13. The molecule has 0 atom stereocenters. The van der Waals surface area contributed by atoms with Gasteiger partial charge in [-0.05, 0) is 18.2 Å². The molecule has 0 spiro atoms. The Morgan fingerprint density at radius 2 is 1.85 bits per heavy atom. The number of carbonyl (C=O) groups is 1. The Hall–Kier alpha value is -1.73. The van der Waals surface area contributed by atoms with Crippen LogP contribution in [-0.2, 0) is 6.18 Å². The van der Waals surface area contributed by atoms with Gasteiger partial charge < -0.3 is 5.11 Å². The maximum absolute atomic E-state index is 12.9. The van der Waals surface area contributed by atoms with Crippen LogP contribution in [-0.4, -0.2) is 20.9 Å². The van der Waals surface area contributed by atoms with Crippen molar-refractivity contribution in [1.29, 1.82) is 0 Å². The van der Waals surface area contributed by atoms with Crippen molar-refractivity contribution in [2.24, 2.45) is 0 Å². The van der Waals surface area contributed by atoms with E-state index in [4.69, 9.17) is 28.3 Å². The lowest BCUT2D eigenvalue weighted by molar-refractivity contribution is -0.142. The number of hydrogen-bond acceptors (Lipinski definition) is 2. The summed E-state index contributed by atoms with van der Waals surface area (Å²) in [7, 11) is 0. The molecule has 0 unspecified atom stereocenters. The molecule has 2 aromatic rings. The quantitative estimate of drug-likeness (QED) is 0.911. The Morgan fingerprint density at radius 1 is 1.20 bits per heavy atom. The molecule has 1 heterocycles. The van der Waals surface area contributed by atoms with Gasteiger partial charge in [-0.15, -0.1) is 0 Å². The standard InChI is InChI=1S/C11H5Cl2F3N2O2/c12-6-2-1-5(3-7(6)13)18-9(11(14,15)16)4-8(17-18)10(19)20/h1-4H,(H,19,20). The summed E-state index contributed by atoms with van der Waals surface area (Å²) in [5.41, 5.74) is -1.98. The number of alkyl halides is 3. The van der Waals surface area contributed by atoms with Crippen molar-refractivity contribution in [3.8, 4) is 5.69 Å². The fourth-order valence-electron chi connectivity index (χ4n) is 1.50. The SMILES string of the molecule is O=C(O)c1cc(C(F)(F)F)n(-c2ccc(Cl)c(Cl)c2)n1. The van der Waals surface area contributed by atoms with Gasteiger partial charge in [0.05, 0.1) is 15.7 Å². The van der Waals surface area contributed by atoms with Crippen molar-refractivity contribution in [3.63, 3.8) is 0 Å². The summed E-state index contributed by atoms with van der Waals surface area (Å²) < 4.78 is 39.1. The molecule has 1 aromatic heterocycles. The third-order valence-corrected chi connectivity index (χ3v) is 3.11. The molecule has 0 aliphatic rings. The first kappa shape index (κ1) is 14.7. The fraction of sp³-hybridized carbons (Fsp3) is 0.0909. The average molecular weight is 325 g/mol. The van der Waals surface area contributed by atoms with E-state index in [0.717, 1.165) is 6.07 Å². The van der Waals surface area contributed by atoms with Gasteiger partial charge in [-0.1, -0.05) is 23.2 Å². The summed E-state index contributed by atoms with van der Waals surface area (Å²) in [6.07, 6.45) is -4.76. The number of hydrogen-bond donors (Lipinski definition) is 1. The third-order valence-electron chi connectivity index (χ3n) is 2.37. The van der Waals surface area contributed by atoms with Crippen LogP contribution in [0.4, 0.5) is 13.2 Å².